The lowest BCUT2D eigenvalue weighted by Gasteiger charge is -2.17. The van der Waals surface area contributed by atoms with Crippen LogP contribution in [0.1, 0.15) is 12.6 Å². The summed E-state index contributed by atoms with van der Waals surface area (Å²) in [5.74, 6) is -0.604. The Hall–Kier alpha value is -2.15. The molecule has 0 atom stereocenters. The quantitative estimate of drug-likeness (QED) is 0.879. The van der Waals surface area contributed by atoms with Gasteiger partial charge in [0.15, 0.2) is 10.8 Å². The average Bonchev–Trinajstić information content (AvgIpc) is 3.05. The number of furan rings is 1. The molecule has 0 saturated heterocycles. The Bertz CT molecular complexity index is 591. The highest BCUT2D eigenvalue weighted by Crippen LogP contribution is 2.24. The molecule has 7 heteroatoms. The first kappa shape index (κ1) is 14.3. The van der Waals surface area contributed by atoms with Gasteiger partial charge in [-0.15, -0.1) is 11.3 Å². The van der Waals surface area contributed by atoms with Crippen LogP contribution >= 0.6 is 11.3 Å². The highest BCUT2D eigenvalue weighted by molar-refractivity contribution is 7.13. The molecule has 2 aromatic rings. The number of aromatic nitrogens is 1. The molecule has 2 heterocycles. The minimum Gasteiger partial charge on any atom is -0.480 e. The van der Waals surface area contributed by atoms with Gasteiger partial charge in [-0.05, 0) is 19.1 Å². The van der Waals surface area contributed by atoms with E-state index in [1.807, 2.05) is 0 Å². The van der Waals surface area contributed by atoms with Crippen molar-refractivity contribution in [3.63, 3.8) is 0 Å². The van der Waals surface area contributed by atoms with Crippen LogP contribution in [0.2, 0.25) is 0 Å². The summed E-state index contributed by atoms with van der Waals surface area (Å²) in [6.07, 6.45) is 1.66. The number of hydrogen-bond donors (Lipinski definition) is 1. The highest BCUT2D eigenvalue weighted by Gasteiger charge is 2.17. The minimum absolute atomic E-state index is 0.0956. The third-order valence-electron chi connectivity index (χ3n) is 2.68. The number of likely N-dealkylation sites (N-methyl/N-ethyl adjacent to an activating group) is 1. The number of hydrogen-bond acceptors (Lipinski definition) is 5. The molecule has 1 N–H and O–H groups in total. The predicted octanol–water partition coefficient (Wildman–Crippen LogP) is 1.88. The van der Waals surface area contributed by atoms with Gasteiger partial charge in [-0.3, -0.25) is 9.59 Å². The van der Waals surface area contributed by atoms with Crippen molar-refractivity contribution in [3.8, 4) is 10.8 Å². The van der Waals surface area contributed by atoms with Gasteiger partial charge in [-0.2, -0.15) is 0 Å². The van der Waals surface area contributed by atoms with E-state index < -0.39 is 5.97 Å². The van der Waals surface area contributed by atoms with Crippen molar-refractivity contribution in [2.45, 2.75) is 13.3 Å². The zero-order valence-electron chi connectivity index (χ0n) is 10.9. The molecular weight excluding hydrogens is 280 g/mol. The number of carboxylic acids is 1. The van der Waals surface area contributed by atoms with E-state index >= 15 is 0 Å². The lowest BCUT2D eigenvalue weighted by molar-refractivity contribution is -0.144. The van der Waals surface area contributed by atoms with Crippen molar-refractivity contribution in [1.29, 1.82) is 0 Å². The summed E-state index contributed by atoms with van der Waals surface area (Å²) in [7, 11) is 0. The topological polar surface area (TPSA) is 83.6 Å². The van der Waals surface area contributed by atoms with Gasteiger partial charge in [0.1, 0.15) is 6.54 Å². The van der Waals surface area contributed by atoms with Gasteiger partial charge in [0.25, 0.3) is 0 Å². The van der Waals surface area contributed by atoms with Gasteiger partial charge in [0.2, 0.25) is 5.91 Å². The number of nitrogens with zero attached hydrogens (tertiary/aromatic N) is 2. The second-order valence-electron chi connectivity index (χ2n) is 4.10. The van der Waals surface area contributed by atoms with E-state index in [-0.39, 0.29) is 18.9 Å². The SMILES string of the molecule is CCN(CC(=O)O)C(=O)Cc1csc(-c2ccco2)n1. The van der Waals surface area contributed by atoms with Gasteiger partial charge in [0, 0.05) is 11.9 Å². The zero-order chi connectivity index (χ0) is 14.5. The Morgan fingerprint density at radius 3 is 2.90 bits per heavy atom. The predicted molar refractivity (Wildman–Crippen MR) is 73.4 cm³/mol. The Kier molecular flexibility index (Phi) is 4.52. The third-order valence-corrected chi connectivity index (χ3v) is 3.58. The fraction of sp³-hybridized carbons (Fsp3) is 0.308. The monoisotopic (exact) mass is 294 g/mol. The van der Waals surface area contributed by atoms with Crippen LogP contribution in [-0.2, 0) is 16.0 Å². The van der Waals surface area contributed by atoms with Crippen LogP contribution in [0.15, 0.2) is 28.2 Å². The summed E-state index contributed by atoms with van der Waals surface area (Å²) in [5, 5.41) is 11.2. The Balaban J connectivity index is 2.02. The molecule has 0 aliphatic rings. The molecule has 0 bridgehead atoms. The molecule has 0 aliphatic heterocycles. The van der Waals surface area contributed by atoms with Crippen LogP contribution in [0.25, 0.3) is 10.8 Å². The van der Waals surface area contributed by atoms with Crippen molar-refractivity contribution in [1.82, 2.24) is 9.88 Å². The van der Waals surface area contributed by atoms with E-state index in [2.05, 4.69) is 4.98 Å². The lowest BCUT2D eigenvalue weighted by atomic mass is 10.3. The number of carboxylic acid groups (broad SMARTS) is 1. The third kappa shape index (κ3) is 3.45. The molecule has 6 nitrogen and oxygen atoms in total. The van der Waals surface area contributed by atoms with Crippen molar-refractivity contribution >= 4 is 23.2 Å². The molecule has 1 amide bonds. The summed E-state index contributed by atoms with van der Waals surface area (Å²) in [5.41, 5.74) is 0.621. The summed E-state index contributed by atoms with van der Waals surface area (Å²) >= 11 is 1.39. The van der Waals surface area contributed by atoms with Crippen molar-refractivity contribution in [2.24, 2.45) is 0 Å². The molecule has 0 aliphatic carbocycles. The molecule has 0 fully saturated rings. The molecule has 0 radical (unpaired) electrons. The van der Waals surface area contributed by atoms with E-state index in [9.17, 15) is 9.59 Å². The molecule has 106 valence electrons. The molecule has 0 aromatic carbocycles. The normalized spacial score (nSPS) is 10.4. The van der Waals surface area contributed by atoms with Crippen LogP contribution in [0.5, 0.6) is 0 Å². The van der Waals surface area contributed by atoms with Gasteiger partial charge >= 0.3 is 5.97 Å². The van der Waals surface area contributed by atoms with Crippen LogP contribution in [0.4, 0.5) is 0 Å². The van der Waals surface area contributed by atoms with Gasteiger partial charge in [-0.25, -0.2) is 4.98 Å². The van der Waals surface area contributed by atoms with Gasteiger partial charge in [-0.1, -0.05) is 0 Å². The summed E-state index contributed by atoms with van der Waals surface area (Å²) in [4.78, 5) is 28.2. The number of amides is 1. The smallest absolute Gasteiger partial charge is 0.323 e. The number of aliphatic carboxylic acids is 1. The maximum atomic E-state index is 12.0. The Morgan fingerprint density at radius 2 is 2.30 bits per heavy atom. The highest BCUT2D eigenvalue weighted by atomic mass is 32.1. The van der Waals surface area contributed by atoms with E-state index in [0.29, 0.717) is 23.0 Å². The summed E-state index contributed by atoms with van der Waals surface area (Å²) in [6, 6.07) is 3.57. The van der Waals surface area contributed by atoms with Crippen molar-refractivity contribution in [2.75, 3.05) is 13.1 Å². The van der Waals surface area contributed by atoms with E-state index in [1.165, 1.54) is 16.2 Å². The minimum atomic E-state index is -1.02. The van der Waals surface area contributed by atoms with Crippen LogP contribution < -0.4 is 0 Å². The molecule has 0 unspecified atom stereocenters. The number of carbonyl (C=O) groups is 2. The zero-order valence-corrected chi connectivity index (χ0v) is 11.7. The molecule has 0 spiro atoms. The van der Waals surface area contributed by atoms with Gasteiger partial charge < -0.3 is 14.4 Å². The Morgan fingerprint density at radius 1 is 1.50 bits per heavy atom. The first-order valence-electron chi connectivity index (χ1n) is 6.08. The molecular formula is C13H14N2O4S. The number of thiazole rings is 1. The van der Waals surface area contributed by atoms with Crippen LogP contribution in [0.3, 0.4) is 0 Å². The summed E-state index contributed by atoms with van der Waals surface area (Å²) < 4.78 is 5.23. The van der Waals surface area contributed by atoms with Crippen LogP contribution in [0, 0.1) is 0 Å². The first-order valence-corrected chi connectivity index (χ1v) is 6.96. The summed E-state index contributed by atoms with van der Waals surface area (Å²) in [6.45, 7) is 1.82. The second-order valence-corrected chi connectivity index (χ2v) is 4.96. The first-order chi connectivity index (χ1) is 9.60. The second kappa shape index (κ2) is 6.33. The number of carbonyl (C=O) groups excluding carboxylic acids is 1. The van der Waals surface area contributed by atoms with E-state index in [0.717, 1.165) is 0 Å². The van der Waals surface area contributed by atoms with Crippen molar-refractivity contribution < 1.29 is 19.1 Å². The lowest BCUT2D eigenvalue weighted by Crippen LogP contribution is -2.36. The maximum Gasteiger partial charge on any atom is 0.323 e. The van der Waals surface area contributed by atoms with E-state index in [1.54, 1.807) is 30.7 Å². The maximum absolute atomic E-state index is 12.0. The molecule has 20 heavy (non-hydrogen) atoms. The largest absolute Gasteiger partial charge is 0.480 e. The standard InChI is InChI=1S/C13H14N2O4S/c1-2-15(7-12(17)18)11(16)6-9-8-20-13(14-9)10-4-3-5-19-10/h3-5,8H,2,6-7H2,1H3,(H,17,18). The number of rotatable bonds is 6. The molecule has 2 rings (SSSR count). The Labute approximate surface area is 119 Å². The van der Waals surface area contributed by atoms with Crippen LogP contribution in [-0.4, -0.2) is 40.0 Å². The average molecular weight is 294 g/mol. The van der Waals surface area contributed by atoms with Crippen molar-refractivity contribution in [3.05, 3.63) is 29.5 Å². The fourth-order valence-electron chi connectivity index (χ4n) is 1.71. The molecule has 2 aromatic heterocycles. The van der Waals surface area contributed by atoms with E-state index in [4.69, 9.17) is 9.52 Å². The fourth-order valence-corrected chi connectivity index (χ4v) is 2.49. The molecule has 0 saturated carbocycles. The van der Waals surface area contributed by atoms with Gasteiger partial charge in [0.05, 0.1) is 18.4 Å².